The Morgan fingerprint density at radius 2 is 2.06 bits per heavy atom. The lowest BCUT2D eigenvalue weighted by molar-refractivity contribution is -0.137. The molecule has 2 aromatic rings. The summed E-state index contributed by atoms with van der Waals surface area (Å²) in [5, 5.41) is 10.7. The topological polar surface area (TPSA) is 42.2 Å². The molecule has 0 aliphatic carbocycles. The van der Waals surface area contributed by atoms with Crippen molar-refractivity contribution in [2.75, 3.05) is 0 Å². The Labute approximate surface area is 111 Å². The molecule has 2 rings (SSSR count). The molecule has 0 amide bonds. The van der Waals surface area contributed by atoms with Crippen molar-refractivity contribution in [2.45, 2.75) is 33.7 Å². The SMILES string of the molecule is CCc1c(C)n(CC(=O)O)c2ccc(C)c(Cl)c12. The third-order valence-corrected chi connectivity index (χ3v) is 3.88. The minimum absolute atomic E-state index is 0.0261. The average molecular weight is 266 g/mol. The molecule has 0 aliphatic rings. The molecule has 0 atom stereocenters. The van der Waals surface area contributed by atoms with Gasteiger partial charge in [0.1, 0.15) is 6.54 Å². The molecule has 0 aliphatic heterocycles. The number of fused-ring (bicyclic) bond motifs is 1. The number of aliphatic carboxylic acids is 1. The second kappa shape index (κ2) is 4.65. The van der Waals surface area contributed by atoms with Gasteiger partial charge in [-0.3, -0.25) is 4.79 Å². The molecular formula is C14H16ClNO2. The van der Waals surface area contributed by atoms with Crippen LogP contribution in [0.1, 0.15) is 23.7 Å². The zero-order valence-electron chi connectivity index (χ0n) is 10.7. The normalized spacial score (nSPS) is 11.1. The van der Waals surface area contributed by atoms with Gasteiger partial charge < -0.3 is 9.67 Å². The van der Waals surface area contributed by atoms with Crippen LogP contribution in [0.25, 0.3) is 10.9 Å². The first-order valence-corrected chi connectivity index (χ1v) is 6.33. The van der Waals surface area contributed by atoms with Gasteiger partial charge in [-0.15, -0.1) is 0 Å². The van der Waals surface area contributed by atoms with Gasteiger partial charge in [0.25, 0.3) is 0 Å². The van der Waals surface area contributed by atoms with Crippen molar-refractivity contribution in [1.29, 1.82) is 0 Å². The standard InChI is InChI=1S/C14H16ClNO2/c1-4-10-9(3)16(7-12(17)18)11-6-5-8(2)14(15)13(10)11/h5-6H,4,7H2,1-3H3,(H,17,18). The Balaban J connectivity index is 2.84. The van der Waals surface area contributed by atoms with Gasteiger partial charge in [-0.2, -0.15) is 0 Å². The van der Waals surface area contributed by atoms with Crippen molar-refractivity contribution < 1.29 is 9.90 Å². The maximum Gasteiger partial charge on any atom is 0.323 e. The van der Waals surface area contributed by atoms with E-state index < -0.39 is 5.97 Å². The number of halogens is 1. The summed E-state index contributed by atoms with van der Waals surface area (Å²) in [5.41, 5.74) is 4.05. The predicted octanol–water partition coefficient (Wildman–Crippen LogP) is 3.56. The smallest absolute Gasteiger partial charge is 0.323 e. The van der Waals surface area contributed by atoms with Crippen LogP contribution in [-0.4, -0.2) is 15.6 Å². The number of hydrogen-bond acceptors (Lipinski definition) is 1. The van der Waals surface area contributed by atoms with Crippen LogP contribution in [0, 0.1) is 13.8 Å². The minimum Gasteiger partial charge on any atom is -0.480 e. The minimum atomic E-state index is -0.839. The molecule has 3 nitrogen and oxygen atoms in total. The van der Waals surface area contributed by atoms with Crippen molar-refractivity contribution in [2.24, 2.45) is 0 Å². The molecule has 18 heavy (non-hydrogen) atoms. The summed E-state index contributed by atoms with van der Waals surface area (Å²) in [6.07, 6.45) is 0.845. The highest BCUT2D eigenvalue weighted by Gasteiger charge is 2.17. The van der Waals surface area contributed by atoms with Crippen LogP contribution in [0.15, 0.2) is 12.1 Å². The first kappa shape index (κ1) is 13.0. The molecule has 0 fully saturated rings. The summed E-state index contributed by atoms with van der Waals surface area (Å²) in [4.78, 5) is 11.0. The molecular weight excluding hydrogens is 250 g/mol. The molecule has 1 heterocycles. The molecule has 1 aromatic heterocycles. The van der Waals surface area contributed by atoms with Crippen molar-refractivity contribution in [1.82, 2.24) is 4.57 Å². The highest BCUT2D eigenvalue weighted by Crippen LogP contribution is 2.34. The largest absolute Gasteiger partial charge is 0.480 e. The number of aromatic nitrogens is 1. The number of hydrogen-bond donors (Lipinski definition) is 1. The van der Waals surface area contributed by atoms with Gasteiger partial charge in [-0.25, -0.2) is 0 Å². The number of aryl methyl sites for hydroxylation is 2. The molecule has 0 saturated carbocycles. The fourth-order valence-electron chi connectivity index (χ4n) is 2.48. The van der Waals surface area contributed by atoms with Crippen molar-refractivity contribution in [3.63, 3.8) is 0 Å². The zero-order chi connectivity index (χ0) is 13.4. The van der Waals surface area contributed by atoms with Gasteiger partial charge in [0, 0.05) is 11.1 Å². The number of carbonyl (C=O) groups is 1. The molecule has 1 N–H and O–H groups in total. The number of benzene rings is 1. The molecule has 1 aromatic carbocycles. The summed E-state index contributed by atoms with van der Waals surface area (Å²) in [7, 11) is 0. The Bertz CT molecular complexity index is 628. The quantitative estimate of drug-likeness (QED) is 0.922. The fraction of sp³-hybridized carbons (Fsp3) is 0.357. The van der Waals surface area contributed by atoms with E-state index in [4.69, 9.17) is 16.7 Å². The van der Waals surface area contributed by atoms with Crippen LogP contribution in [0.5, 0.6) is 0 Å². The lowest BCUT2D eigenvalue weighted by Crippen LogP contribution is -2.10. The number of carboxylic acids is 1. The summed E-state index contributed by atoms with van der Waals surface area (Å²) < 4.78 is 1.82. The Morgan fingerprint density at radius 3 is 2.61 bits per heavy atom. The van der Waals surface area contributed by atoms with E-state index in [1.807, 2.05) is 30.5 Å². The summed E-state index contributed by atoms with van der Waals surface area (Å²) in [6, 6.07) is 3.88. The number of carboxylic acid groups (broad SMARTS) is 1. The lowest BCUT2D eigenvalue weighted by atomic mass is 10.1. The van der Waals surface area contributed by atoms with E-state index in [2.05, 4.69) is 6.92 Å². The molecule has 0 bridgehead atoms. The Morgan fingerprint density at radius 1 is 1.39 bits per heavy atom. The van der Waals surface area contributed by atoms with Gasteiger partial charge >= 0.3 is 5.97 Å². The van der Waals surface area contributed by atoms with E-state index in [1.165, 1.54) is 0 Å². The maximum atomic E-state index is 11.0. The van der Waals surface area contributed by atoms with Crippen molar-refractivity contribution in [3.05, 3.63) is 34.0 Å². The van der Waals surface area contributed by atoms with Gasteiger partial charge in [0.05, 0.1) is 10.5 Å². The van der Waals surface area contributed by atoms with Gasteiger partial charge in [-0.1, -0.05) is 24.6 Å². The highest BCUT2D eigenvalue weighted by molar-refractivity contribution is 6.36. The van der Waals surface area contributed by atoms with Crippen LogP contribution in [0.2, 0.25) is 5.02 Å². The van der Waals surface area contributed by atoms with E-state index in [-0.39, 0.29) is 6.54 Å². The average Bonchev–Trinajstić information content (AvgIpc) is 2.57. The summed E-state index contributed by atoms with van der Waals surface area (Å²) in [5.74, 6) is -0.839. The van der Waals surface area contributed by atoms with Crippen molar-refractivity contribution >= 4 is 28.5 Å². The third kappa shape index (κ3) is 1.89. The molecule has 0 saturated heterocycles. The van der Waals surface area contributed by atoms with Crippen LogP contribution >= 0.6 is 11.6 Å². The summed E-state index contributed by atoms with van der Waals surface area (Å²) >= 11 is 6.37. The second-order valence-electron chi connectivity index (χ2n) is 4.49. The van der Waals surface area contributed by atoms with Gasteiger partial charge in [0.2, 0.25) is 0 Å². The third-order valence-electron chi connectivity index (χ3n) is 3.39. The molecule has 0 radical (unpaired) electrons. The zero-order valence-corrected chi connectivity index (χ0v) is 11.5. The van der Waals surface area contributed by atoms with Crippen LogP contribution in [0.3, 0.4) is 0 Å². The Kier molecular flexibility index (Phi) is 3.35. The van der Waals surface area contributed by atoms with Gasteiger partial charge in [0.15, 0.2) is 0 Å². The summed E-state index contributed by atoms with van der Waals surface area (Å²) in [6.45, 7) is 5.95. The van der Waals surface area contributed by atoms with E-state index in [1.54, 1.807) is 0 Å². The first-order valence-electron chi connectivity index (χ1n) is 5.96. The Hall–Kier alpha value is -1.48. The van der Waals surface area contributed by atoms with E-state index in [9.17, 15) is 4.79 Å². The van der Waals surface area contributed by atoms with E-state index in [0.717, 1.165) is 39.2 Å². The van der Waals surface area contributed by atoms with Crippen LogP contribution in [0.4, 0.5) is 0 Å². The first-order chi connectivity index (χ1) is 8.47. The fourth-order valence-corrected chi connectivity index (χ4v) is 2.75. The van der Waals surface area contributed by atoms with Crippen molar-refractivity contribution in [3.8, 4) is 0 Å². The predicted molar refractivity (Wildman–Crippen MR) is 73.4 cm³/mol. The van der Waals surface area contributed by atoms with Gasteiger partial charge in [-0.05, 0) is 37.5 Å². The van der Waals surface area contributed by atoms with Crippen LogP contribution in [-0.2, 0) is 17.8 Å². The maximum absolute atomic E-state index is 11.0. The van der Waals surface area contributed by atoms with Crippen LogP contribution < -0.4 is 0 Å². The molecule has 4 heteroatoms. The molecule has 96 valence electrons. The number of nitrogens with zero attached hydrogens (tertiary/aromatic N) is 1. The lowest BCUT2D eigenvalue weighted by Gasteiger charge is -2.05. The van der Waals surface area contributed by atoms with E-state index >= 15 is 0 Å². The molecule has 0 unspecified atom stereocenters. The second-order valence-corrected chi connectivity index (χ2v) is 4.87. The molecule has 0 spiro atoms. The van der Waals surface area contributed by atoms with E-state index in [0.29, 0.717) is 0 Å². The number of rotatable bonds is 3. The monoisotopic (exact) mass is 265 g/mol. The highest BCUT2D eigenvalue weighted by atomic mass is 35.5.